The summed E-state index contributed by atoms with van der Waals surface area (Å²) in [4.78, 5) is 29.1. The smallest absolute Gasteiger partial charge is 0.358 e. The number of aromatic carboxylic acids is 1. The molecule has 0 spiro atoms. The van der Waals surface area contributed by atoms with Gasteiger partial charge in [-0.15, -0.1) is 5.10 Å². The van der Waals surface area contributed by atoms with Crippen molar-refractivity contribution < 1.29 is 14.7 Å². The molecule has 1 atom stereocenters. The fraction of sp³-hybridized carbons (Fsp3) is 0.308. The minimum atomic E-state index is -1.18. The molecule has 3 heterocycles. The normalized spacial score (nSPS) is 18.2. The SMILES string of the molecule is CN1CCC(n2nnc(C(=O)O)c2-c2cccnc2)C1=O. The van der Waals surface area contributed by atoms with Gasteiger partial charge in [-0.2, -0.15) is 0 Å². The van der Waals surface area contributed by atoms with E-state index in [1.807, 2.05) is 0 Å². The summed E-state index contributed by atoms with van der Waals surface area (Å²) in [6, 6.07) is 2.89. The first kappa shape index (κ1) is 13.2. The summed E-state index contributed by atoms with van der Waals surface area (Å²) in [5.41, 5.74) is 0.705. The first-order valence-corrected chi connectivity index (χ1v) is 6.43. The lowest BCUT2D eigenvalue weighted by Gasteiger charge is -2.13. The van der Waals surface area contributed by atoms with Crippen LogP contribution in [0.5, 0.6) is 0 Å². The van der Waals surface area contributed by atoms with Crippen LogP contribution >= 0.6 is 0 Å². The molecule has 0 aromatic carbocycles. The molecule has 2 aromatic rings. The van der Waals surface area contributed by atoms with Gasteiger partial charge in [-0.05, 0) is 18.6 Å². The largest absolute Gasteiger partial charge is 0.476 e. The van der Waals surface area contributed by atoms with Gasteiger partial charge in [0.25, 0.3) is 0 Å². The quantitative estimate of drug-likeness (QED) is 0.879. The van der Waals surface area contributed by atoms with Crippen molar-refractivity contribution in [1.29, 1.82) is 0 Å². The molecule has 1 N–H and O–H groups in total. The Labute approximate surface area is 120 Å². The fourth-order valence-electron chi connectivity index (χ4n) is 2.46. The Morgan fingerprint density at radius 3 is 2.86 bits per heavy atom. The first-order valence-electron chi connectivity index (χ1n) is 6.43. The van der Waals surface area contributed by atoms with Crippen LogP contribution in [0.4, 0.5) is 0 Å². The van der Waals surface area contributed by atoms with E-state index in [2.05, 4.69) is 15.3 Å². The number of hydrogen-bond donors (Lipinski definition) is 1. The number of carbonyl (C=O) groups is 2. The maximum atomic E-state index is 12.1. The monoisotopic (exact) mass is 287 g/mol. The average molecular weight is 287 g/mol. The van der Waals surface area contributed by atoms with Crippen molar-refractivity contribution >= 4 is 11.9 Å². The van der Waals surface area contributed by atoms with Gasteiger partial charge in [-0.3, -0.25) is 9.78 Å². The number of carbonyl (C=O) groups excluding carboxylic acids is 1. The van der Waals surface area contributed by atoms with Gasteiger partial charge in [0, 0.05) is 31.5 Å². The number of amides is 1. The Hall–Kier alpha value is -2.77. The van der Waals surface area contributed by atoms with Crippen molar-refractivity contribution in [2.75, 3.05) is 13.6 Å². The predicted octanol–water partition coefficient (Wildman–Crippen LogP) is 0.441. The summed E-state index contributed by atoms with van der Waals surface area (Å²) in [5, 5.41) is 16.9. The number of likely N-dealkylation sites (N-methyl/N-ethyl adjacent to an activating group) is 1. The summed E-state index contributed by atoms with van der Waals surface area (Å²) in [5.74, 6) is -1.28. The van der Waals surface area contributed by atoms with Crippen molar-refractivity contribution in [3.8, 4) is 11.3 Å². The highest BCUT2D eigenvalue weighted by molar-refractivity contribution is 5.93. The van der Waals surface area contributed by atoms with Crippen LogP contribution < -0.4 is 0 Å². The number of pyridine rings is 1. The van der Waals surface area contributed by atoms with E-state index in [9.17, 15) is 14.7 Å². The molecule has 2 aromatic heterocycles. The van der Waals surface area contributed by atoms with Gasteiger partial charge in [-0.1, -0.05) is 5.21 Å². The van der Waals surface area contributed by atoms with E-state index in [1.54, 1.807) is 30.3 Å². The number of hydrogen-bond acceptors (Lipinski definition) is 5. The predicted molar refractivity (Wildman–Crippen MR) is 71.5 cm³/mol. The molecule has 3 rings (SSSR count). The Balaban J connectivity index is 2.14. The molecule has 0 saturated carbocycles. The summed E-state index contributed by atoms with van der Waals surface area (Å²) in [7, 11) is 1.71. The molecular formula is C13H13N5O3. The summed E-state index contributed by atoms with van der Waals surface area (Å²) < 4.78 is 1.40. The number of nitrogens with zero attached hydrogens (tertiary/aromatic N) is 5. The number of carboxylic acids is 1. The zero-order valence-corrected chi connectivity index (χ0v) is 11.3. The molecule has 0 aliphatic carbocycles. The van der Waals surface area contributed by atoms with Gasteiger partial charge in [0.2, 0.25) is 5.91 Å². The number of rotatable bonds is 3. The molecule has 1 saturated heterocycles. The Bertz CT molecular complexity index is 697. The Morgan fingerprint density at radius 1 is 1.48 bits per heavy atom. The third-order valence-corrected chi connectivity index (χ3v) is 3.53. The summed E-state index contributed by atoms with van der Waals surface area (Å²) in [6.07, 6.45) is 3.70. The highest BCUT2D eigenvalue weighted by Gasteiger charge is 2.35. The van der Waals surface area contributed by atoms with E-state index in [-0.39, 0.29) is 11.6 Å². The second-order valence-electron chi connectivity index (χ2n) is 4.84. The highest BCUT2D eigenvalue weighted by Crippen LogP contribution is 2.29. The van der Waals surface area contributed by atoms with E-state index in [4.69, 9.17) is 0 Å². The van der Waals surface area contributed by atoms with Gasteiger partial charge in [0.15, 0.2) is 5.69 Å². The van der Waals surface area contributed by atoms with Gasteiger partial charge in [0.1, 0.15) is 11.7 Å². The van der Waals surface area contributed by atoms with E-state index < -0.39 is 12.0 Å². The van der Waals surface area contributed by atoms with Crippen LogP contribution in [0.3, 0.4) is 0 Å². The van der Waals surface area contributed by atoms with Crippen molar-refractivity contribution in [3.63, 3.8) is 0 Å². The van der Waals surface area contributed by atoms with E-state index in [0.717, 1.165) is 0 Å². The molecule has 1 unspecified atom stereocenters. The van der Waals surface area contributed by atoms with Crippen LogP contribution in [0.15, 0.2) is 24.5 Å². The van der Waals surface area contributed by atoms with Crippen molar-refractivity contribution in [3.05, 3.63) is 30.2 Å². The molecule has 8 heteroatoms. The molecule has 0 bridgehead atoms. The topological polar surface area (TPSA) is 101 Å². The zero-order chi connectivity index (χ0) is 15.0. The number of aromatic nitrogens is 4. The maximum Gasteiger partial charge on any atom is 0.358 e. The molecule has 0 radical (unpaired) electrons. The highest BCUT2D eigenvalue weighted by atomic mass is 16.4. The second-order valence-corrected chi connectivity index (χ2v) is 4.84. The lowest BCUT2D eigenvalue weighted by atomic mass is 10.1. The Kier molecular flexibility index (Phi) is 3.13. The summed E-state index contributed by atoms with van der Waals surface area (Å²) >= 11 is 0. The Morgan fingerprint density at radius 2 is 2.29 bits per heavy atom. The number of carboxylic acid groups (broad SMARTS) is 1. The van der Waals surface area contributed by atoms with Crippen molar-refractivity contribution in [2.45, 2.75) is 12.5 Å². The van der Waals surface area contributed by atoms with Gasteiger partial charge in [0.05, 0.1) is 0 Å². The molecule has 1 fully saturated rings. The van der Waals surface area contributed by atoms with E-state index >= 15 is 0 Å². The van der Waals surface area contributed by atoms with Gasteiger partial charge in [-0.25, -0.2) is 9.48 Å². The van der Waals surface area contributed by atoms with Crippen LogP contribution in [0.25, 0.3) is 11.3 Å². The average Bonchev–Trinajstić information content (AvgIpc) is 3.05. The molecule has 21 heavy (non-hydrogen) atoms. The third-order valence-electron chi connectivity index (χ3n) is 3.53. The first-order chi connectivity index (χ1) is 10.1. The third kappa shape index (κ3) is 2.14. The van der Waals surface area contributed by atoms with E-state index in [0.29, 0.717) is 24.2 Å². The van der Waals surface area contributed by atoms with Crippen LogP contribution in [0.1, 0.15) is 23.0 Å². The van der Waals surface area contributed by atoms with Crippen LogP contribution in [-0.2, 0) is 4.79 Å². The molecule has 1 aliphatic heterocycles. The molecule has 1 amide bonds. The molecule has 8 nitrogen and oxygen atoms in total. The molecule has 108 valence electrons. The minimum Gasteiger partial charge on any atom is -0.476 e. The van der Waals surface area contributed by atoms with Crippen molar-refractivity contribution in [2.24, 2.45) is 0 Å². The fourth-order valence-corrected chi connectivity index (χ4v) is 2.46. The van der Waals surface area contributed by atoms with Crippen LogP contribution in [0.2, 0.25) is 0 Å². The summed E-state index contributed by atoms with van der Waals surface area (Å²) in [6.45, 7) is 0.609. The lowest BCUT2D eigenvalue weighted by Crippen LogP contribution is -2.25. The lowest BCUT2D eigenvalue weighted by molar-refractivity contribution is -0.129. The van der Waals surface area contributed by atoms with Gasteiger partial charge < -0.3 is 10.0 Å². The standard InChI is InChI=1S/C13H13N5O3/c1-17-6-4-9(12(17)19)18-11(8-3-2-5-14-7-8)10(13(20)21)15-16-18/h2-3,5,7,9H,4,6H2,1H3,(H,20,21). The van der Waals surface area contributed by atoms with Crippen molar-refractivity contribution in [1.82, 2.24) is 24.9 Å². The molecular weight excluding hydrogens is 274 g/mol. The van der Waals surface area contributed by atoms with E-state index in [1.165, 1.54) is 10.9 Å². The second kappa shape index (κ2) is 4.97. The molecule has 1 aliphatic rings. The number of likely N-dealkylation sites (tertiary alicyclic amines) is 1. The van der Waals surface area contributed by atoms with Crippen LogP contribution in [0, 0.1) is 0 Å². The van der Waals surface area contributed by atoms with Crippen LogP contribution in [-0.4, -0.2) is 55.5 Å². The zero-order valence-electron chi connectivity index (χ0n) is 11.3. The minimum absolute atomic E-state index is 0.0954. The van der Waals surface area contributed by atoms with Gasteiger partial charge >= 0.3 is 5.97 Å². The maximum absolute atomic E-state index is 12.1.